The van der Waals surface area contributed by atoms with E-state index in [1.807, 2.05) is 49.5 Å². The summed E-state index contributed by atoms with van der Waals surface area (Å²) in [7, 11) is 3.62. The Labute approximate surface area is 148 Å². The van der Waals surface area contributed by atoms with E-state index in [0.29, 0.717) is 5.56 Å². The van der Waals surface area contributed by atoms with Gasteiger partial charge in [0.2, 0.25) is 0 Å². The van der Waals surface area contributed by atoms with Crippen molar-refractivity contribution in [2.75, 3.05) is 20.6 Å². The van der Waals surface area contributed by atoms with E-state index in [-0.39, 0.29) is 5.91 Å². The number of hydrogen-bond acceptors (Lipinski definition) is 3. The lowest BCUT2D eigenvalue weighted by Crippen LogP contribution is -2.17. The Bertz CT molecular complexity index is 852. The predicted octanol–water partition coefficient (Wildman–Crippen LogP) is 3.06. The normalized spacial score (nSPS) is 11.0. The number of carbonyl (C=O) groups excluding carboxylic acids is 1. The number of benzene rings is 2. The number of fused-ring (bicyclic) bond motifs is 1. The van der Waals surface area contributed by atoms with Gasteiger partial charge in [0, 0.05) is 24.7 Å². The molecule has 130 valence electrons. The van der Waals surface area contributed by atoms with Crippen LogP contribution in [0.2, 0.25) is 0 Å². The zero-order valence-electron chi connectivity index (χ0n) is 14.7. The monoisotopic (exact) mass is 336 g/mol. The lowest BCUT2D eigenvalue weighted by molar-refractivity contribution is 0.0963. The number of unbranched alkanes of at least 4 members (excludes halogenated alkanes) is 1. The van der Waals surface area contributed by atoms with Crippen molar-refractivity contribution in [2.24, 2.45) is 0 Å². The van der Waals surface area contributed by atoms with Gasteiger partial charge in [-0.3, -0.25) is 4.79 Å². The average Bonchev–Trinajstić information content (AvgIpc) is 3.03. The third kappa shape index (κ3) is 3.72. The van der Waals surface area contributed by atoms with E-state index >= 15 is 0 Å². The Morgan fingerprint density at radius 1 is 1.04 bits per heavy atom. The summed E-state index contributed by atoms with van der Waals surface area (Å²) in [5.74, 6) is 0.876. The summed E-state index contributed by atoms with van der Waals surface area (Å²) in [6.45, 7) is 1.94. The largest absolute Gasteiger partial charge is 0.355 e. The number of amides is 1. The van der Waals surface area contributed by atoms with Crippen molar-refractivity contribution in [3.05, 3.63) is 54.1 Å². The lowest BCUT2D eigenvalue weighted by atomic mass is 10.1. The van der Waals surface area contributed by atoms with Crippen molar-refractivity contribution in [3.63, 3.8) is 0 Å². The maximum atomic E-state index is 11.7. The minimum atomic E-state index is -0.0767. The third-order valence-electron chi connectivity index (χ3n) is 4.35. The van der Waals surface area contributed by atoms with E-state index in [1.54, 1.807) is 7.05 Å². The summed E-state index contributed by atoms with van der Waals surface area (Å²) in [6, 6.07) is 15.8. The van der Waals surface area contributed by atoms with Crippen LogP contribution in [0.15, 0.2) is 48.5 Å². The predicted molar refractivity (Wildman–Crippen MR) is 102 cm³/mol. The molecule has 1 heterocycles. The maximum absolute atomic E-state index is 11.7. The molecule has 0 radical (unpaired) electrons. The molecule has 3 aromatic rings. The molecule has 5 nitrogen and oxygen atoms in total. The second kappa shape index (κ2) is 7.94. The zero-order chi connectivity index (χ0) is 17.6. The highest BCUT2D eigenvalue weighted by atomic mass is 16.1. The Kier molecular flexibility index (Phi) is 5.46. The molecule has 25 heavy (non-hydrogen) atoms. The number of imidazole rings is 1. The Balaban J connectivity index is 1.95. The topological polar surface area (TPSA) is 59.0 Å². The summed E-state index contributed by atoms with van der Waals surface area (Å²) in [6.07, 6.45) is 2.21. The first-order valence-corrected chi connectivity index (χ1v) is 8.67. The standard InChI is InChI=1S/C20H24N4O/c1-21-13-5-6-14-24-18-8-4-3-7-17(18)23-19(24)15-9-11-16(12-10-15)20(25)22-2/h3-4,7-12,21H,5-6,13-14H2,1-2H3,(H,22,25). The summed E-state index contributed by atoms with van der Waals surface area (Å²) >= 11 is 0. The van der Waals surface area contributed by atoms with Gasteiger partial charge < -0.3 is 15.2 Å². The molecule has 0 aliphatic heterocycles. The second-order valence-corrected chi connectivity index (χ2v) is 6.04. The van der Waals surface area contributed by atoms with Crippen LogP contribution in [0.5, 0.6) is 0 Å². The number of aromatic nitrogens is 2. The summed E-state index contributed by atoms with van der Waals surface area (Å²) < 4.78 is 2.28. The second-order valence-electron chi connectivity index (χ2n) is 6.04. The number of nitrogens with zero attached hydrogens (tertiary/aromatic N) is 2. The van der Waals surface area contributed by atoms with E-state index in [4.69, 9.17) is 4.98 Å². The summed E-state index contributed by atoms with van der Waals surface area (Å²) in [4.78, 5) is 16.6. The molecule has 3 rings (SSSR count). The smallest absolute Gasteiger partial charge is 0.251 e. The average molecular weight is 336 g/mol. The van der Waals surface area contributed by atoms with Crippen LogP contribution in [0.4, 0.5) is 0 Å². The van der Waals surface area contributed by atoms with Crippen LogP contribution < -0.4 is 10.6 Å². The molecule has 0 atom stereocenters. The Morgan fingerprint density at radius 3 is 2.52 bits per heavy atom. The molecule has 0 saturated carbocycles. The van der Waals surface area contributed by atoms with Gasteiger partial charge >= 0.3 is 0 Å². The van der Waals surface area contributed by atoms with E-state index in [2.05, 4.69) is 21.3 Å². The van der Waals surface area contributed by atoms with E-state index in [9.17, 15) is 4.79 Å². The van der Waals surface area contributed by atoms with Crippen LogP contribution in [0.1, 0.15) is 23.2 Å². The molecule has 0 bridgehead atoms. The fraction of sp³-hybridized carbons (Fsp3) is 0.300. The molecule has 2 N–H and O–H groups in total. The van der Waals surface area contributed by atoms with Crippen LogP contribution in [0.25, 0.3) is 22.4 Å². The number of para-hydroxylation sites is 2. The minimum Gasteiger partial charge on any atom is -0.355 e. The third-order valence-corrected chi connectivity index (χ3v) is 4.35. The fourth-order valence-corrected chi connectivity index (χ4v) is 3.01. The molecular weight excluding hydrogens is 312 g/mol. The van der Waals surface area contributed by atoms with Crippen LogP contribution >= 0.6 is 0 Å². The molecule has 5 heteroatoms. The van der Waals surface area contributed by atoms with Gasteiger partial charge in [0.1, 0.15) is 5.82 Å². The summed E-state index contributed by atoms with van der Waals surface area (Å²) in [5, 5.41) is 5.84. The minimum absolute atomic E-state index is 0.0767. The number of aryl methyl sites for hydroxylation is 1. The number of hydrogen-bond donors (Lipinski definition) is 2. The molecular formula is C20H24N4O. The highest BCUT2D eigenvalue weighted by Gasteiger charge is 2.13. The van der Waals surface area contributed by atoms with Gasteiger partial charge in [-0.15, -0.1) is 0 Å². The highest BCUT2D eigenvalue weighted by Crippen LogP contribution is 2.25. The lowest BCUT2D eigenvalue weighted by Gasteiger charge is -2.10. The molecule has 2 aromatic carbocycles. The highest BCUT2D eigenvalue weighted by molar-refractivity contribution is 5.94. The van der Waals surface area contributed by atoms with E-state index in [0.717, 1.165) is 48.4 Å². The van der Waals surface area contributed by atoms with Crippen LogP contribution in [-0.4, -0.2) is 36.1 Å². The molecule has 0 spiro atoms. The first-order chi connectivity index (χ1) is 12.2. The molecule has 0 aliphatic rings. The molecule has 0 aliphatic carbocycles. The van der Waals surface area contributed by atoms with Gasteiger partial charge in [-0.2, -0.15) is 0 Å². The van der Waals surface area contributed by atoms with Crippen LogP contribution in [0, 0.1) is 0 Å². The van der Waals surface area contributed by atoms with Gasteiger partial charge in [0.25, 0.3) is 5.91 Å². The van der Waals surface area contributed by atoms with Gasteiger partial charge in [-0.05, 0) is 50.7 Å². The maximum Gasteiger partial charge on any atom is 0.251 e. The zero-order valence-corrected chi connectivity index (χ0v) is 14.7. The van der Waals surface area contributed by atoms with Gasteiger partial charge in [0.05, 0.1) is 11.0 Å². The quantitative estimate of drug-likeness (QED) is 0.652. The first kappa shape index (κ1) is 17.2. The van der Waals surface area contributed by atoms with Crippen LogP contribution in [-0.2, 0) is 6.54 Å². The van der Waals surface area contributed by atoms with Gasteiger partial charge in [0.15, 0.2) is 0 Å². The van der Waals surface area contributed by atoms with Crippen molar-refractivity contribution in [1.29, 1.82) is 0 Å². The van der Waals surface area contributed by atoms with E-state index in [1.165, 1.54) is 0 Å². The van der Waals surface area contributed by atoms with Crippen LogP contribution in [0.3, 0.4) is 0 Å². The number of rotatable bonds is 7. The Hall–Kier alpha value is -2.66. The van der Waals surface area contributed by atoms with Crippen molar-refractivity contribution in [1.82, 2.24) is 20.2 Å². The summed E-state index contributed by atoms with van der Waals surface area (Å²) in [5.41, 5.74) is 3.83. The molecule has 1 aromatic heterocycles. The van der Waals surface area contributed by atoms with Gasteiger partial charge in [-0.25, -0.2) is 4.98 Å². The fourth-order valence-electron chi connectivity index (χ4n) is 3.01. The molecule has 0 fully saturated rings. The molecule has 0 saturated heterocycles. The first-order valence-electron chi connectivity index (χ1n) is 8.67. The van der Waals surface area contributed by atoms with Crippen molar-refractivity contribution >= 4 is 16.9 Å². The van der Waals surface area contributed by atoms with Crippen molar-refractivity contribution in [2.45, 2.75) is 19.4 Å². The van der Waals surface area contributed by atoms with Crippen molar-refractivity contribution < 1.29 is 4.79 Å². The van der Waals surface area contributed by atoms with E-state index < -0.39 is 0 Å². The SMILES string of the molecule is CNCCCCn1c(-c2ccc(C(=O)NC)cc2)nc2ccccc21. The van der Waals surface area contributed by atoms with Crippen molar-refractivity contribution in [3.8, 4) is 11.4 Å². The van der Waals surface area contributed by atoms with Gasteiger partial charge in [-0.1, -0.05) is 24.3 Å². The molecule has 1 amide bonds. The number of nitrogens with one attached hydrogen (secondary N) is 2. The Morgan fingerprint density at radius 2 is 1.80 bits per heavy atom. The molecule has 0 unspecified atom stereocenters. The number of carbonyl (C=O) groups is 1.